The molecule has 6 nitrogen and oxygen atoms in total. The summed E-state index contributed by atoms with van der Waals surface area (Å²) in [5, 5.41) is 11.3. The number of hydrogen-bond donors (Lipinski definition) is 2. The van der Waals surface area contributed by atoms with Crippen LogP contribution in [0.15, 0.2) is 0 Å². The first-order chi connectivity index (χ1) is 8.13. The molecule has 0 aromatic carbocycles. The number of hydrogen-bond acceptors (Lipinski definition) is 4. The topological polar surface area (TPSA) is 78.9 Å². The minimum atomic E-state index is -0.841. The van der Waals surface area contributed by atoms with Gasteiger partial charge in [-0.15, -0.1) is 0 Å². The molecular formula is C11H20N2O4. The van der Waals surface area contributed by atoms with E-state index in [0.29, 0.717) is 19.6 Å². The molecule has 0 aromatic heterocycles. The number of carbonyl (C=O) groups excluding carboxylic acids is 1. The first-order valence-electron chi connectivity index (χ1n) is 5.89. The zero-order valence-corrected chi connectivity index (χ0v) is 10.1. The van der Waals surface area contributed by atoms with Crippen molar-refractivity contribution in [2.24, 2.45) is 0 Å². The molecule has 0 radical (unpaired) electrons. The van der Waals surface area contributed by atoms with E-state index in [-0.39, 0.29) is 25.0 Å². The molecule has 6 heteroatoms. The lowest BCUT2D eigenvalue weighted by Crippen LogP contribution is -2.44. The number of piperidine rings is 1. The smallest absolute Gasteiger partial charge is 0.305 e. The molecule has 0 unspecified atom stereocenters. The summed E-state index contributed by atoms with van der Waals surface area (Å²) >= 11 is 0. The van der Waals surface area contributed by atoms with Crippen LogP contribution in [0.4, 0.5) is 0 Å². The van der Waals surface area contributed by atoms with Crippen molar-refractivity contribution < 1.29 is 19.4 Å². The molecule has 0 atom stereocenters. The fraction of sp³-hybridized carbons (Fsp3) is 0.818. The molecule has 1 amide bonds. The first kappa shape index (κ1) is 13.9. The Labute approximate surface area is 101 Å². The highest BCUT2D eigenvalue weighted by atomic mass is 16.5. The van der Waals surface area contributed by atoms with Gasteiger partial charge in [0, 0.05) is 13.1 Å². The minimum Gasteiger partial charge on any atom is -0.481 e. The Bertz CT molecular complexity index is 262. The van der Waals surface area contributed by atoms with Gasteiger partial charge in [-0.05, 0) is 19.9 Å². The molecule has 0 bridgehead atoms. The molecule has 1 saturated heterocycles. The number of carbonyl (C=O) groups is 2. The SMILES string of the molecule is CNCC(=O)N1CCC(OCCC(=O)O)CC1. The largest absolute Gasteiger partial charge is 0.481 e. The molecule has 1 heterocycles. The van der Waals surface area contributed by atoms with E-state index in [1.165, 1.54) is 0 Å². The zero-order chi connectivity index (χ0) is 12.7. The average molecular weight is 244 g/mol. The number of nitrogens with zero attached hydrogens (tertiary/aromatic N) is 1. The zero-order valence-electron chi connectivity index (χ0n) is 10.1. The molecule has 98 valence electrons. The summed E-state index contributed by atoms with van der Waals surface area (Å²) in [7, 11) is 1.75. The fourth-order valence-corrected chi connectivity index (χ4v) is 1.85. The summed E-state index contributed by atoms with van der Waals surface area (Å²) in [6.07, 6.45) is 1.70. The lowest BCUT2D eigenvalue weighted by Gasteiger charge is -2.31. The normalized spacial score (nSPS) is 17.1. The van der Waals surface area contributed by atoms with Gasteiger partial charge in [-0.3, -0.25) is 9.59 Å². The van der Waals surface area contributed by atoms with Crippen molar-refractivity contribution >= 4 is 11.9 Å². The van der Waals surface area contributed by atoms with E-state index >= 15 is 0 Å². The van der Waals surface area contributed by atoms with Gasteiger partial charge in [0.25, 0.3) is 0 Å². The van der Waals surface area contributed by atoms with Crippen LogP contribution in [0.2, 0.25) is 0 Å². The third kappa shape index (κ3) is 5.14. The molecular weight excluding hydrogens is 224 g/mol. The standard InChI is InChI=1S/C11H20N2O4/c1-12-8-10(14)13-5-2-9(3-6-13)17-7-4-11(15)16/h9,12H,2-8H2,1H3,(H,15,16). The number of likely N-dealkylation sites (N-methyl/N-ethyl adjacent to an activating group) is 1. The maximum atomic E-state index is 11.6. The van der Waals surface area contributed by atoms with Crippen molar-refractivity contribution in [3.05, 3.63) is 0 Å². The van der Waals surface area contributed by atoms with Crippen LogP contribution < -0.4 is 5.32 Å². The molecule has 1 rings (SSSR count). The van der Waals surface area contributed by atoms with Crippen LogP contribution in [0.1, 0.15) is 19.3 Å². The lowest BCUT2D eigenvalue weighted by atomic mass is 10.1. The van der Waals surface area contributed by atoms with Gasteiger partial charge in [-0.2, -0.15) is 0 Å². The van der Waals surface area contributed by atoms with Crippen molar-refractivity contribution in [1.29, 1.82) is 0 Å². The number of nitrogens with one attached hydrogen (secondary N) is 1. The number of ether oxygens (including phenoxy) is 1. The summed E-state index contributed by atoms with van der Waals surface area (Å²) in [6.45, 7) is 2.01. The van der Waals surface area contributed by atoms with E-state index < -0.39 is 5.97 Å². The molecule has 1 aliphatic heterocycles. The molecule has 17 heavy (non-hydrogen) atoms. The second-order valence-corrected chi connectivity index (χ2v) is 4.13. The molecule has 2 N–H and O–H groups in total. The third-order valence-corrected chi connectivity index (χ3v) is 2.79. The van der Waals surface area contributed by atoms with Crippen LogP contribution in [-0.4, -0.2) is 61.3 Å². The Morgan fingerprint density at radius 3 is 2.59 bits per heavy atom. The summed E-state index contributed by atoms with van der Waals surface area (Å²) in [4.78, 5) is 23.7. The molecule has 0 spiro atoms. The van der Waals surface area contributed by atoms with E-state index in [4.69, 9.17) is 9.84 Å². The summed E-state index contributed by atoms with van der Waals surface area (Å²) in [5.74, 6) is -0.733. The minimum absolute atomic E-state index is 0.0406. The number of rotatable bonds is 6. The first-order valence-corrected chi connectivity index (χ1v) is 5.89. The Kier molecular flexibility index (Phi) is 5.93. The van der Waals surface area contributed by atoms with Crippen molar-refractivity contribution in [2.45, 2.75) is 25.4 Å². The van der Waals surface area contributed by atoms with Gasteiger partial charge in [-0.25, -0.2) is 0 Å². The molecule has 0 aliphatic carbocycles. The highest BCUT2D eigenvalue weighted by molar-refractivity contribution is 5.78. The molecule has 1 fully saturated rings. The Hall–Kier alpha value is -1.14. The summed E-state index contributed by atoms with van der Waals surface area (Å²) in [6, 6.07) is 0. The number of aliphatic carboxylic acids is 1. The summed E-state index contributed by atoms with van der Waals surface area (Å²) in [5.41, 5.74) is 0. The number of carboxylic acid groups (broad SMARTS) is 1. The predicted octanol–water partition coefficient (Wildman–Crippen LogP) is -0.312. The van der Waals surface area contributed by atoms with E-state index in [2.05, 4.69) is 5.32 Å². The number of carboxylic acids is 1. The van der Waals surface area contributed by atoms with E-state index in [9.17, 15) is 9.59 Å². The summed E-state index contributed by atoms with van der Waals surface area (Å²) < 4.78 is 5.45. The maximum Gasteiger partial charge on any atom is 0.305 e. The monoisotopic (exact) mass is 244 g/mol. The van der Waals surface area contributed by atoms with Gasteiger partial charge in [0.15, 0.2) is 0 Å². The maximum absolute atomic E-state index is 11.6. The van der Waals surface area contributed by atoms with Crippen molar-refractivity contribution in [3.8, 4) is 0 Å². The highest BCUT2D eigenvalue weighted by Gasteiger charge is 2.22. The van der Waals surface area contributed by atoms with Gasteiger partial charge in [0.2, 0.25) is 5.91 Å². The fourth-order valence-electron chi connectivity index (χ4n) is 1.85. The highest BCUT2D eigenvalue weighted by Crippen LogP contribution is 2.13. The molecule has 0 aromatic rings. The second kappa shape index (κ2) is 7.24. The van der Waals surface area contributed by atoms with Gasteiger partial charge in [0.1, 0.15) is 0 Å². The van der Waals surface area contributed by atoms with E-state index in [0.717, 1.165) is 12.8 Å². The van der Waals surface area contributed by atoms with Crippen LogP contribution >= 0.6 is 0 Å². The molecule has 0 saturated carbocycles. The quantitative estimate of drug-likeness (QED) is 0.670. The van der Waals surface area contributed by atoms with E-state index in [1.807, 2.05) is 4.90 Å². The second-order valence-electron chi connectivity index (χ2n) is 4.13. The number of likely N-dealkylation sites (tertiary alicyclic amines) is 1. The lowest BCUT2D eigenvalue weighted by molar-refractivity contribution is -0.139. The van der Waals surface area contributed by atoms with Gasteiger partial charge in [0.05, 0.1) is 25.7 Å². The van der Waals surface area contributed by atoms with Crippen molar-refractivity contribution in [2.75, 3.05) is 33.3 Å². The predicted molar refractivity (Wildman–Crippen MR) is 61.7 cm³/mol. The Morgan fingerprint density at radius 2 is 2.06 bits per heavy atom. The Morgan fingerprint density at radius 1 is 1.41 bits per heavy atom. The van der Waals surface area contributed by atoms with Gasteiger partial charge < -0.3 is 20.1 Å². The van der Waals surface area contributed by atoms with Crippen LogP contribution in [0, 0.1) is 0 Å². The van der Waals surface area contributed by atoms with Crippen LogP contribution in [0.3, 0.4) is 0 Å². The van der Waals surface area contributed by atoms with Crippen LogP contribution in [0.25, 0.3) is 0 Å². The van der Waals surface area contributed by atoms with Gasteiger partial charge >= 0.3 is 5.97 Å². The third-order valence-electron chi connectivity index (χ3n) is 2.79. The van der Waals surface area contributed by atoms with Crippen molar-refractivity contribution in [3.63, 3.8) is 0 Å². The molecule has 1 aliphatic rings. The number of amides is 1. The Balaban J connectivity index is 2.17. The van der Waals surface area contributed by atoms with Crippen LogP contribution in [0.5, 0.6) is 0 Å². The van der Waals surface area contributed by atoms with Crippen molar-refractivity contribution in [1.82, 2.24) is 10.2 Å². The van der Waals surface area contributed by atoms with Gasteiger partial charge in [-0.1, -0.05) is 0 Å². The van der Waals surface area contributed by atoms with Crippen LogP contribution in [-0.2, 0) is 14.3 Å². The van der Waals surface area contributed by atoms with E-state index in [1.54, 1.807) is 7.05 Å². The average Bonchev–Trinajstić information content (AvgIpc) is 2.30.